The molecule has 0 saturated heterocycles. The molecule has 1 amide bonds. The standard InChI is InChI=1S/C8H12N2O2/c1-6(2)10(3)8(11)7-4-5-12-9-7/h4-6H,1-3H3. The molecule has 0 aliphatic rings. The molecule has 0 fully saturated rings. The largest absolute Gasteiger partial charge is 0.364 e. The van der Waals surface area contributed by atoms with Gasteiger partial charge in [0.05, 0.1) is 0 Å². The predicted octanol–water partition coefficient (Wildman–Crippen LogP) is 1.16. The highest BCUT2D eigenvalue weighted by Crippen LogP contribution is 2.02. The van der Waals surface area contributed by atoms with E-state index in [0.29, 0.717) is 5.69 Å². The first-order valence-electron chi connectivity index (χ1n) is 3.80. The molecular formula is C8H12N2O2. The summed E-state index contributed by atoms with van der Waals surface area (Å²) >= 11 is 0. The second-order valence-electron chi connectivity index (χ2n) is 2.89. The van der Waals surface area contributed by atoms with Crippen LogP contribution < -0.4 is 0 Å². The number of aromatic nitrogens is 1. The van der Waals surface area contributed by atoms with E-state index in [1.54, 1.807) is 18.0 Å². The maximum Gasteiger partial charge on any atom is 0.276 e. The highest BCUT2D eigenvalue weighted by Gasteiger charge is 2.16. The topological polar surface area (TPSA) is 46.3 Å². The molecule has 0 unspecified atom stereocenters. The minimum absolute atomic E-state index is 0.112. The van der Waals surface area contributed by atoms with Gasteiger partial charge >= 0.3 is 0 Å². The molecule has 0 bridgehead atoms. The van der Waals surface area contributed by atoms with Crippen LogP contribution in [0, 0.1) is 0 Å². The van der Waals surface area contributed by atoms with Gasteiger partial charge in [0.1, 0.15) is 6.26 Å². The van der Waals surface area contributed by atoms with Gasteiger partial charge < -0.3 is 9.42 Å². The number of nitrogens with zero attached hydrogens (tertiary/aromatic N) is 2. The zero-order valence-corrected chi connectivity index (χ0v) is 7.44. The Morgan fingerprint density at radius 3 is 2.75 bits per heavy atom. The van der Waals surface area contributed by atoms with Crippen molar-refractivity contribution in [2.75, 3.05) is 7.05 Å². The third-order valence-corrected chi connectivity index (χ3v) is 1.75. The molecule has 0 saturated carbocycles. The smallest absolute Gasteiger partial charge is 0.276 e. The van der Waals surface area contributed by atoms with Gasteiger partial charge in [-0.25, -0.2) is 0 Å². The Bertz CT molecular complexity index is 254. The van der Waals surface area contributed by atoms with Gasteiger partial charge in [-0.3, -0.25) is 4.79 Å². The monoisotopic (exact) mass is 168 g/mol. The lowest BCUT2D eigenvalue weighted by Crippen LogP contribution is -2.33. The van der Waals surface area contributed by atoms with Gasteiger partial charge in [-0.15, -0.1) is 0 Å². The van der Waals surface area contributed by atoms with E-state index in [1.165, 1.54) is 6.26 Å². The van der Waals surface area contributed by atoms with Crippen LogP contribution >= 0.6 is 0 Å². The molecule has 0 aliphatic carbocycles. The van der Waals surface area contributed by atoms with Gasteiger partial charge in [-0.2, -0.15) is 0 Å². The zero-order chi connectivity index (χ0) is 9.14. The molecule has 1 heterocycles. The highest BCUT2D eigenvalue weighted by atomic mass is 16.5. The molecule has 4 heteroatoms. The van der Waals surface area contributed by atoms with Crippen LogP contribution in [0.3, 0.4) is 0 Å². The van der Waals surface area contributed by atoms with Crippen LogP contribution in [-0.2, 0) is 0 Å². The van der Waals surface area contributed by atoms with Crippen molar-refractivity contribution in [3.8, 4) is 0 Å². The van der Waals surface area contributed by atoms with E-state index in [2.05, 4.69) is 9.68 Å². The Morgan fingerprint density at radius 2 is 2.33 bits per heavy atom. The fraction of sp³-hybridized carbons (Fsp3) is 0.500. The Kier molecular flexibility index (Phi) is 2.47. The van der Waals surface area contributed by atoms with Crippen LogP contribution in [0.15, 0.2) is 16.9 Å². The fourth-order valence-electron chi connectivity index (χ4n) is 0.738. The maximum absolute atomic E-state index is 11.5. The number of hydrogen-bond acceptors (Lipinski definition) is 3. The van der Waals surface area contributed by atoms with E-state index in [1.807, 2.05) is 13.8 Å². The second kappa shape index (κ2) is 3.38. The average Bonchev–Trinajstić information content (AvgIpc) is 2.53. The van der Waals surface area contributed by atoms with Crippen molar-refractivity contribution in [3.63, 3.8) is 0 Å². The van der Waals surface area contributed by atoms with Gasteiger partial charge in [0.25, 0.3) is 5.91 Å². The fourth-order valence-corrected chi connectivity index (χ4v) is 0.738. The van der Waals surface area contributed by atoms with E-state index in [-0.39, 0.29) is 11.9 Å². The van der Waals surface area contributed by atoms with E-state index in [4.69, 9.17) is 0 Å². The molecule has 4 nitrogen and oxygen atoms in total. The van der Waals surface area contributed by atoms with Crippen LogP contribution in [0.2, 0.25) is 0 Å². The lowest BCUT2D eigenvalue weighted by Gasteiger charge is -2.19. The summed E-state index contributed by atoms with van der Waals surface area (Å²) in [5, 5.41) is 3.55. The van der Waals surface area contributed by atoms with Crippen LogP contribution in [0.1, 0.15) is 24.3 Å². The molecule has 0 atom stereocenters. The van der Waals surface area contributed by atoms with Crippen LogP contribution in [-0.4, -0.2) is 29.1 Å². The summed E-state index contributed by atoms with van der Waals surface area (Å²) in [6, 6.07) is 1.73. The third kappa shape index (κ3) is 1.64. The molecule has 12 heavy (non-hydrogen) atoms. The molecule has 1 aromatic rings. The number of amides is 1. The Labute approximate surface area is 71.1 Å². The van der Waals surface area contributed by atoms with Gasteiger partial charge in [-0.05, 0) is 13.8 Å². The van der Waals surface area contributed by atoms with E-state index in [9.17, 15) is 4.79 Å². The zero-order valence-electron chi connectivity index (χ0n) is 7.44. The van der Waals surface area contributed by atoms with Crippen molar-refractivity contribution in [3.05, 3.63) is 18.0 Å². The first-order valence-corrected chi connectivity index (χ1v) is 3.80. The summed E-state index contributed by atoms with van der Waals surface area (Å²) in [5.74, 6) is -0.112. The number of carbonyl (C=O) groups is 1. The van der Waals surface area contributed by atoms with Crippen molar-refractivity contribution < 1.29 is 9.32 Å². The average molecular weight is 168 g/mol. The molecule has 0 spiro atoms. The summed E-state index contributed by atoms with van der Waals surface area (Å²) in [4.78, 5) is 13.1. The molecule has 0 N–H and O–H groups in total. The van der Waals surface area contributed by atoms with Crippen LogP contribution in [0.4, 0.5) is 0 Å². The van der Waals surface area contributed by atoms with Crippen LogP contribution in [0.25, 0.3) is 0 Å². The lowest BCUT2D eigenvalue weighted by atomic mass is 10.3. The normalized spacial score (nSPS) is 10.3. The number of hydrogen-bond donors (Lipinski definition) is 0. The molecule has 0 aromatic carbocycles. The van der Waals surface area contributed by atoms with E-state index < -0.39 is 0 Å². The van der Waals surface area contributed by atoms with Gasteiger partial charge in [0.2, 0.25) is 0 Å². The molecule has 1 aromatic heterocycles. The molecule has 0 aliphatic heterocycles. The van der Waals surface area contributed by atoms with Crippen LogP contribution in [0.5, 0.6) is 0 Å². The first-order chi connectivity index (χ1) is 5.63. The lowest BCUT2D eigenvalue weighted by molar-refractivity contribution is 0.0744. The summed E-state index contributed by atoms with van der Waals surface area (Å²) in [6.45, 7) is 3.88. The van der Waals surface area contributed by atoms with Gasteiger partial charge in [0.15, 0.2) is 5.69 Å². The van der Waals surface area contributed by atoms with Gasteiger partial charge in [0, 0.05) is 19.2 Å². The molecule has 1 rings (SSSR count). The van der Waals surface area contributed by atoms with Crippen molar-refractivity contribution in [1.29, 1.82) is 0 Å². The van der Waals surface area contributed by atoms with Crippen molar-refractivity contribution in [2.24, 2.45) is 0 Å². The quantitative estimate of drug-likeness (QED) is 0.665. The second-order valence-corrected chi connectivity index (χ2v) is 2.89. The van der Waals surface area contributed by atoms with Gasteiger partial charge in [-0.1, -0.05) is 5.16 Å². The van der Waals surface area contributed by atoms with Crippen molar-refractivity contribution in [1.82, 2.24) is 10.1 Å². The summed E-state index contributed by atoms with van der Waals surface area (Å²) < 4.78 is 4.57. The Morgan fingerprint density at radius 1 is 1.67 bits per heavy atom. The summed E-state index contributed by atoms with van der Waals surface area (Å²) in [5.41, 5.74) is 0.353. The maximum atomic E-state index is 11.5. The summed E-state index contributed by atoms with van der Waals surface area (Å²) in [6.07, 6.45) is 1.39. The van der Waals surface area contributed by atoms with E-state index in [0.717, 1.165) is 0 Å². The molecule has 66 valence electrons. The SMILES string of the molecule is CC(C)N(C)C(=O)c1ccon1. The first kappa shape index (κ1) is 8.77. The molecule has 0 radical (unpaired) electrons. The molecular weight excluding hydrogens is 156 g/mol. The minimum Gasteiger partial charge on any atom is -0.364 e. The van der Waals surface area contributed by atoms with Crippen molar-refractivity contribution >= 4 is 5.91 Å². The van der Waals surface area contributed by atoms with E-state index >= 15 is 0 Å². The number of rotatable bonds is 2. The summed E-state index contributed by atoms with van der Waals surface area (Å²) in [7, 11) is 1.74. The predicted molar refractivity (Wildman–Crippen MR) is 43.7 cm³/mol. The minimum atomic E-state index is -0.112. The highest BCUT2D eigenvalue weighted by molar-refractivity contribution is 5.91. The Hall–Kier alpha value is -1.32. The van der Waals surface area contributed by atoms with Crippen molar-refractivity contribution in [2.45, 2.75) is 19.9 Å². The number of carbonyl (C=O) groups excluding carboxylic acids is 1. The third-order valence-electron chi connectivity index (χ3n) is 1.75. The Balaban J connectivity index is 2.72.